The van der Waals surface area contributed by atoms with Gasteiger partial charge in [0.1, 0.15) is 24.4 Å². The Balaban J connectivity index is 2.19. The summed E-state index contributed by atoms with van der Waals surface area (Å²) >= 11 is 0. The number of amides is 1. The van der Waals surface area contributed by atoms with Crippen molar-refractivity contribution < 1.29 is 39.8 Å². The Kier molecular flexibility index (Phi) is 32.8. The van der Waals surface area contributed by atoms with Crippen molar-refractivity contribution in [1.82, 2.24) is 5.32 Å². The standard InChI is InChI=1S/C46H77NO8/c1-3-5-7-9-10-11-12-13-14-15-16-17-18-19-20-21-22-23-24-25-26-27-28-29-30-32-34-36-42(50)47-39(40(49)35-33-31-8-6-4-2)38-54-46-45(53)44(52)43(51)41(37-48)55-46/h5,7,10-11,13-14,16-17,19-20,22-23,33,35,39-41,43-46,48-49,51-53H,3-4,6,8-9,12,15,18,21,24-32,34,36-38H2,1-2H3,(H,47,50)/b7-5-,11-10-,14-13-,17-16-,20-19-,23-22-,35-33+. The van der Waals surface area contributed by atoms with E-state index in [0.29, 0.717) is 6.42 Å². The molecule has 0 aromatic heterocycles. The molecule has 9 heteroatoms. The van der Waals surface area contributed by atoms with Gasteiger partial charge in [0.25, 0.3) is 0 Å². The van der Waals surface area contributed by atoms with E-state index in [4.69, 9.17) is 9.47 Å². The van der Waals surface area contributed by atoms with E-state index < -0.39 is 49.5 Å². The van der Waals surface area contributed by atoms with Gasteiger partial charge in [-0.3, -0.25) is 4.79 Å². The predicted octanol–water partition coefficient (Wildman–Crippen LogP) is 8.38. The van der Waals surface area contributed by atoms with E-state index >= 15 is 0 Å². The van der Waals surface area contributed by atoms with Crippen molar-refractivity contribution >= 4 is 5.91 Å². The zero-order valence-corrected chi connectivity index (χ0v) is 34.1. The van der Waals surface area contributed by atoms with Crippen molar-refractivity contribution in [2.75, 3.05) is 13.2 Å². The number of hydrogen-bond donors (Lipinski definition) is 6. The molecule has 1 fully saturated rings. The van der Waals surface area contributed by atoms with E-state index in [9.17, 15) is 30.3 Å². The Morgan fingerprint density at radius 2 is 1.13 bits per heavy atom. The van der Waals surface area contributed by atoms with E-state index in [-0.39, 0.29) is 12.5 Å². The van der Waals surface area contributed by atoms with E-state index in [1.165, 1.54) is 25.7 Å². The number of nitrogens with one attached hydrogen (secondary N) is 1. The summed E-state index contributed by atoms with van der Waals surface area (Å²) in [6.45, 7) is 3.51. The van der Waals surface area contributed by atoms with Gasteiger partial charge in [0.2, 0.25) is 5.91 Å². The normalized spacial score (nSPS) is 22.2. The summed E-state index contributed by atoms with van der Waals surface area (Å²) in [5.41, 5.74) is 0. The Labute approximate surface area is 333 Å². The molecular weight excluding hydrogens is 695 g/mol. The van der Waals surface area contributed by atoms with Gasteiger partial charge in [-0.2, -0.15) is 0 Å². The number of aliphatic hydroxyl groups is 5. The first-order chi connectivity index (χ1) is 26.8. The summed E-state index contributed by atoms with van der Waals surface area (Å²) < 4.78 is 11.1. The Bertz CT molecular complexity index is 1130. The van der Waals surface area contributed by atoms with Gasteiger partial charge in [0, 0.05) is 6.42 Å². The van der Waals surface area contributed by atoms with Crippen LogP contribution in [0.3, 0.4) is 0 Å². The van der Waals surface area contributed by atoms with Gasteiger partial charge in [-0.25, -0.2) is 0 Å². The average molecular weight is 772 g/mol. The van der Waals surface area contributed by atoms with Crippen molar-refractivity contribution in [2.24, 2.45) is 0 Å². The van der Waals surface area contributed by atoms with Gasteiger partial charge < -0.3 is 40.3 Å². The monoisotopic (exact) mass is 772 g/mol. The number of hydrogen-bond acceptors (Lipinski definition) is 8. The van der Waals surface area contributed by atoms with Crippen molar-refractivity contribution in [2.45, 2.75) is 185 Å². The lowest BCUT2D eigenvalue weighted by Gasteiger charge is -2.40. The van der Waals surface area contributed by atoms with Gasteiger partial charge in [-0.05, 0) is 70.6 Å². The summed E-state index contributed by atoms with van der Waals surface area (Å²) in [5.74, 6) is -0.199. The molecule has 314 valence electrons. The molecule has 7 unspecified atom stereocenters. The van der Waals surface area contributed by atoms with Crippen molar-refractivity contribution in [3.63, 3.8) is 0 Å². The molecule has 1 aliphatic rings. The lowest BCUT2D eigenvalue weighted by Crippen LogP contribution is -2.60. The minimum Gasteiger partial charge on any atom is -0.394 e. The van der Waals surface area contributed by atoms with Crippen LogP contribution in [0, 0.1) is 0 Å². The second-order valence-corrected chi connectivity index (χ2v) is 14.4. The van der Waals surface area contributed by atoms with Crippen molar-refractivity contribution in [1.29, 1.82) is 0 Å². The Hall–Kier alpha value is -2.63. The number of unbranched alkanes of at least 4 members (excludes halogenated alkanes) is 11. The molecular formula is C46H77NO8. The molecule has 0 aromatic carbocycles. The lowest BCUT2D eigenvalue weighted by atomic mass is 9.99. The maximum atomic E-state index is 12.8. The number of ether oxygens (including phenoxy) is 2. The van der Waals surface area contributed by atoms with Crippen molar-refractivity contribution in [3.8, 4) is 0 Å². The zero-order chi connectivity index (χ0) is 40.2. The highest BCUT2D eigenvalue weighted by Gasteiger charge is 2.44. The van der Waals surface area contributed by atoms with Crippen LogP contribution in [0.1, 0.15) is 142 Å². The van der Waals surface area contributed by atoms with E-state index in [1.54, 1.807) is 6.08 Å². The molecule has 6 N–H and O–H groups in total. The molecule has 0 bridgehead atoms. The lowest BCUT2D eigenvalue weighted by molar-refractivity contribution is -0.302. The van der Waals surface area contributed by atoms with Crippen LogP contribution in [-0.2, 0) is 14.3 Å². The van der Waals surface area contributed by atoms with Crippen LogP contribution in [0.5, 0.6) is 0 Å². The molecule has 0 saturated carbocycles. The highest BCUT2D eigenvalue weighted by atomic mass is 16.7. The minimum atomic E-state index is -1.57. The molecule has 9 nitrogen and oxygen atoms in total. The largest absolute Gasteiger partial charge is 0.394 e. The van der Waals surface area contributed by atoms with Crippen LogP contribution in [0.25, 0.3) is 0 Å². The minimum absolute atomic E-state index is 0.199. The SMILES string of the molecule is CC/C=C\C/C=C\C/C=C\C/C=C\C/C=C\C/C=C\CCCCCCCCCCC(=O)NC(COC1OC(CO)C(O)C(O)C1O)C(O)/C=C/CCCCC. The van der Waals surface area contributed by atoms with Gasteiger partial charge in [-0.15, -0.1) is 0 Å². The van der Waals surface area contributed by atoms with Gasteiger partial charge in [-0.1, -0.05) is 150 Å². The zero-order valence-electron chi connectivity index (χ0n) is 34.1. The van der Waals surface area contributed by atoms with Crippen LogP contribution >= 0.6 is 0 Å². The molecule has 1 heterocycles. The summed E-state index contributed by atoms with van der Waals surface area (Å²) in [4.78, 5) is 12.8. The highest BCUT2D eigenvalue weighted by molar-refractivity contribution is 5.76. The van der Waals surface area contributed by atoms with Crippen LogP contribution < -0.4 is 5.32 Å². The number of aliphatic hydroxyl groups excluding tert-OH is 5. The third kappa shape index (κ3) is 26.8. The van der Waals surface area contributed by atoms with E-state index in [2.05, 4.69) is 92.1 Å². The first-order valence-electron chi connectivity index (χ1n) is 21.3. The topological polar surface area (TPSA) is 149 Å². The first-order valence-corrected chi connectivity index (χ1v) is 21.3. The van der Waals surface area contributed by atoms with Crippen LogP contribution in [-0.4, -0.2) is 87.5 Å². The summed E-state index contributed by atoms with van der Waals surface area (Å²) in [5, 5.41) is 53.6. The molecule has 1 aliphatic heterocycles. The number of carbonyl (C=O) groups excluding carboxylic acids is 1. The fourth-order valence-electron chi connectivity index (χ4n) is 6.04. The summed E-state index contributed by atoms with van der Waals surface area (Å²) in [6, 6.07) is -0.810. The number of rotatable bonds is 33. The van der Waals surface area contributed by atoms with Crippen LogP contribution in [0.2, 0.25) is 0 Å². The van der Waals surface area contributed by atoms with E-state index in [0.717, 1.165) is 96.3 Å². The molecule has 1 saturated heterocycles. The van der Waals surface area contributed by atoms with Crippen LogP contribution in [0.15, 0.2) is 85.1 Å². The van der Waals surface area contributed by atoms with Gasteiger partial charge in [0.15, 0.2) is 6.29 Å². The fraction of sp³-hybridized carbons (Fsp3) is 0.674. The molecule has 1 amide bonds. The second kappa shape index (κ2) is 35.8. The quantitative estimate of drug-likeness (QED) is 0.0288. The Morgan fingerprint density at radius 1 is 0.636 bits per heavy atom. The van der Waals surface area contributed by atoms with Gasteiger partial charge in [0.05, 0.1) is 25.4 Å². The van der Waals surface area contributed by atoms with Crippen LogP contribution in [0.4, 0.5) is 0 Å². The maximum absolute atomic E-state index is 12.8. The molecule has 0 aromatic rings. The van der Waals surface area contributed by atoms with Crippen molar-refractivity contribution in [3.05, 3.63) is 85.1 Å². The molecule has 0 aliphatic carbocycles. The van der Waals surface area contributed by atoms with Gasteiger partial charge >= 0.3 is 0 Å². The summed E-state index contributed by atoms with van der Waals surface area (Å²) in [6.07, 6.45) is 42.5. The molecule has 7 atom stereocenters. The highest BCUT2D eigenvalue weighted by Crippen LogP contribution is 2.22. The summed E-state index contributed by atoms with van der Waals surface area (Å²) in [7, 11) is 0. The number of carbonyl (C=O) groups is 1. The Morgan fingerprint density at radius 3 is 1.67 bits per heavy atom. The molecule has 0 radical (unpaired) electrons. The fourth-order valence-corrected chi connectivity index (χ4v) is 6.04. The third-order valence-electron chi connectivity index (χ3n) is 9.48. The molecule has 55 heavy (non-hydrogen) atoms. The number of allylic oxidation sites excluding steroid dienone is 13. The average Bonchev–Trinajstić information content (AvgIpc) is 3.18. The molecule has 0 spiro atoms. The smallest absolute Gasteiger partial charge is 0.220 e. The second-order valence-electron chi connectivity index (χ2n) is 14.4. The first kappa shape index (κ1) is 50.4. The maximum Gasteiger partial charge on any atom is 0.220 e. The van der Waals surface area contributed by atoms with E-state index in [1.807, 2.05) is 6.08 Å². The predicted molar refractivity (Wildman–Crippen MR) is 225 cm³/mol. The molecule has 1 rings (SSSR count). The third-order valence-corrected chi connectivity index (χ3v) is 9.48.